The van der Waals surface area contributed by atoms with E-state index in [9.17, 15) is 22.4 Å². The molecule has 1 aromatic heterocycles. The van der Waals surface area contributed by atoms with Crippen molar-refractivity contribution in [3.8, 4) is 0 Å². The molecule has 0 saturated carbocycles. The van der Waals surface area contributed by atoms with Gasteiger partial charge in [0, 0.05) is 30.1 Å². The maximum atomic E-state index is 14.3. The fourth-order valence-corrected chi connectivity index (χ4v) is 4.95. The van der Waals surface area contributed by atoms with Gasteiger partial charge in [0.25, 0.3) is 0 Å². The van der Waals surface area contributed by atoms with Crippen molar-refractivity contribution >= 4 is 27.0 Å². The van der Waals surface area contributed by atoms with Gasteiger partial charge in [0.05, 0.1) is 5.56 Å². The number of benzene rings is 2. The number of ether oxygens (including phenoxy) is 1. The number of hydrogen-bond acceptors (Lipinski definition) is 6. The van der Waals surface area contributed by atoms with E-state index in [4.69, 9.17) is 9.15 Å². The third-order valence-electron chi connectivity index (χ3n) is 5.37. The van der Waals surface area contributed by atoms with E-state index in [2.05, 4.69) is 0 Å². The first-order chi connectivity index (χ1) is 15.1. The summed E-state index contributed by atoms with van der Waals surface area (Å²) in [4.78, 5) is 24.0. The predicted octanol–water partition coefficient (Wildman–Crippen LogP) is 3.94. The van der Waals surface area contributed by atoms with Gasteiger partial charge in [-0.25, -0.2) is 22.4 Å². The summed E-state index contributed by atoms with van der Waals surface area (Å²) < 4.78 is 51.4. The van der Waals surface area contributed by atoms with Crippen molar-refractivity contribution in [3.05, 3.63) is 74.9 Å². The summed E-state index contributed by atoms with van der Waals surface area (Å²) in [5.41, 5.74) is 1.92. The van der Waals surface area contributed by atoms with Crippen molar-refractivity contribution in [2.24, 2.45) is 0 Å². The predicted molar refractivity (Wildman–Crippen MR) is 118 cm³/mol. The average molecular weight is 462 g/mol. The van der Waals surface area contributed by atoms with Gasteiger partial charge in [-0.1, -0.05) is 26.0 Å². The number of hydrogen-bond donors (Lipinski definition) is 0. The van der Waals surface area contributed by atoms with Crippen LogP contribution in [0.25, 0.3) is 11.0 Å². The Kier molecular flexibility index (Phi) is 6.80. The van der Waals surface area contributed by atoms with Crippen LogP contribution >= 0.6 is 0 Å². The Morgan fingerprint density at radius 2 is 1.78 bits per heavy atom. The van der Waals surface area contributed by atoms with E-state index in [0.29, 0.717) is 16.5 Å². The molecule has 0 N–H and O–H groups in total. The first-order valence-corrected chi connectivity index (χ1v) is 11.5. The lowest BCUT2D eigenvalue weighted by molar-refractivity contribution is 0.0473. The van der Waals surface area contributed by atoms with Crippen LogP contribution in [0.1, 0.15) is 40.9 Å². The molecule has 0 aliphatic heterocycles. The Balaban J connectivity index is 1.91. The molecule has 0 atom stereocenters. The summed E-state index contributed by atoms with van der Waals surface area (Å²) in [6.07, 6.45) is 0. The van der Waals surface area contributed by atoms with E-state index in [1.54, 1.807) is 19.9 Å². The van der Waals surface area contributed by atoms with E-state index in [1.807, 2.05) is 19.9 Å². The number of halogens is 1. The normalized spacial score (nSPS) is 11.8. The minimum atomic E-state index is -4.10. The Labute approximate surface area is 185 Å². The largest absolute Gasteiger partial charge is 0.457 e. The maximum Gasteiger partial charge on any atom is 0.338 e. The molecule has 0 radical (unpaired) electrons. The molecule has 7 nitrogen and oxygen atoms in total. The standard InChI is InChI=1S/C23H24FNO6S/c1-5-25(6-2)32(28,29)20-11-16(8-10-19(20)24)23(27)30-13-17-12-21(26)31-22-15(4)14(3)7-9-18(17)22/h7-12H,5-6,13H2,1-4H3. The van der Waals surface area contributed by atoms with Gasteiger partial charge in [-0.2, -0.15) is 4.31 Å². The van der Waals surface area contributed by atoms with Gasteiger partial charge >= 0.3 is 11.6 Å². The first-order valence-electron chi connectivity index (χ1n) is 10.1. The number of esters is 1. The van der Waals surface area contributed by atoms with Gasteiger partial charge in [0.15, 0.2) is 0 Å². The number of carbonyl (C=O) groups excluding carboxylic acids is 1. The van der Waals surface area contributed by atoms with Crippen LogP contribution in [0.5, 0.6) is 0 Å². The Morgan fingerprint density at radius 1 is 1.09 bits per heavy atom. The number of carbonyl (C=O) groups is 1. The second-order valence-electron chi connectivity index (χ2n) is 7.29. The van der Waals surface area contributed by atoms with Gasteiger partial charge in [-0.05, 0) is 43.2 Å². The molecule has 32 heavy (non-hydrogen) atoms. The number of sulfonamides is 1. The first kappa shape index (κ1) is 23.6. The summed E-state index contributed by atoms with van der Waals surface area (Å²) >= 11 is 0. The van der Waals surface area contributed by atoms with Crippen LogP contribution in [0, 0.1) is 19.7 Å². The van der Waals surface area contributed by atoms with Crippen LogP contribution in [0.2, 0.25) is 0 Å². The topological polar surface area (TPSA) is 93.9 Å². The van der Waals surface area contributed by atoms with Gasteiger partial charge in [0.1, 0.15) is 22.9 Å². The molecule has 9 heteroatoms. The fraction of sp³-hybridized carbons (Fsp3) is 0.304. The Hall–Kier alpha value is -3.04. The summed E-state index contributed by atoms with van der Waals surface area (Å²) in [5.74, 6) is -1.79. The van der Waals surface area contributed by atoms with Crippen molar-refractivity contribution in [2.75, 3.05) is 13.1 Å². The van der Waals surface area contributed by atoms with E-state index in [0.717, 1.165) is 33.6 Å². The van der Waals surface area contributed by atoms with E-state index in [1.165, 1.54) is 6.07 Å². The van der Waals surface area contributed by atoms with Gasteiger partial charge in [-0.15, -0.1) is 0 Å². The highest BCUT2D eigenvalue weighted by Gasteiger charge is 2.26. The van der Waals surface area contributed by atoms with Crippen molar-refractivity contribution in [3.63, 3.8) is 0 Å². The van der Waals surface area contributed by atoms with E-state index >= 15 is 0 Å². The summed E-state index contributed by atoms with van der Waals surface area (Å²) in [6, 6.07) is 7.93. The zero-order valence-corrected chi connectivity index (χ0v) is 19.1. The fourth-order valence-electron chi connectivity index (χ4n) is 3.40. The SMILES string of the molecule is CCN(CC)S(=O)(=O)c1cc(C(=O)OCc2cc(=O)oc3c(C)c(C)ccc23)ccc1F. The molecule has 0 bridgehead atoms. The summed E-state index contributed by atoms with van der Waals surface area (Å²) in [7, 11) is -4.10. The molecule has 0 fully saturated rings. The number of nitrogens with zero attached hydrogens (tertiary/aromatic N) is 1. The molecule has 1 heterocycles. The van der Waals surface area contributed by atoms with E-state index < -0.39 is 32.3 Å². The third kappa shape index (κ3) is 4.44. The monoisotopic (exact) mass is 461 g/mol. The third-order valence-corrected chi connectivity index (χ3v) is 7.43. The van der Waals surface area contributed by atoms with Gasteiger partial charge in [0.2, 0.25) is 10.0 Å². The molecule has 0 saturated heterocycles. The molecular formula is C23H24FNO6S. The summed E-state index contributed by atoms with van der Waals surface area (Å²) in [6.45, 7) is 7.08. The van der Waals surface area contributed by atoms with Crippen LogP contribution in [0.4, 0.5) is 4.39 Å². The molecule has 0 unspecified atom stereocenters. The number of fused-ring (bicyclic) bond motifs is 1. The van der Waals surface area contributed by atoms with Crippen LogP contribution < -0.4 is 5.63 Å². The highest BCUT2D eigenvalue weighted by molar-refractivity contribution is 7.89. The molecule has 0 amide bonds. The smallest absolute Gasteiger partial charge is 0.338 e. The van der Waals surface area contributed by atoms with Gasteiger partial charge < -0.3 is 9.15 Å². The lowest BCUT2D eigenvalue weighted by Gasteiger charge is -2.19. The van der Waals surface area contributed by atoms with E-state index in [-0.39, 0.29) is 25.3 Å². The molecule has 0 spiro atoms. The van der Waals surface area contributed by atoms with Crippen LogP contribution in [-0.4, -0.2) is 31.8 Å². The minimum absolute atomic E-state index is 0.114. The van der Waals surface area contributed by atoms with Crippen LogP contribution in [0.3, 0.4) is 0 Å². The lowest BCUT2D eigenvalue weighted by atomic mass is 10.0. The highest BCUT2D eigenvalue weighted by atomic mass is 32.2. The molecule has 0 aliphatic carbocycles. The molecular weight excluding hydrogens is 437 g/mol. The Morgan fingerprint density at radius 3 is 2.44 bits per heavy atom. The van der Waals surface area contributed by atoms with Crippen molar-refractivity contribution in [2.45, 2.75) is 39.2 Å². The molecule has 170 valence electrons. The molecule has 2 aromatic carbocycles. The van der Waals surface area contributed by atoms with Crippen molar-refractivity contribution < 1.29 is 26.8 Å². The molecule has 3 rings (SSSR count). The van der Waals surface area contributed by atoms with Crippen molar-refractivity contribution in [1.82, 2.24) is 4.31 Å². The van der Waals surface area contributed by atoms with Crippen molar-refractivity contribution in [1.29, 1.82) is 0 Å². The van der Waals surface area contributed by atoms with Crippen LogP contribution in [-0.2, 0) is 21.4 Å². The summed E-state index contributed by atoms with van der Waals surface area (Å²) in [5, 5.41) is 0.629. The lowest BCUT2D eigenvalue weighted by Crippen LogP contribution is -2.31. The zero-order chi connectivity index (χ0) is 23.6. The number of rotatable bonds is 7. The maximum absolute atomic E-state index is 14.3. The minimum Gasteiger partial charge on any atom is -0.457 e. The molecule has 0 aliphatic rings. The average Bonchev–Trinajstić information content (AvgIpc) is 2.75. The number of aryl methyl sites for hydroxylation is 2. The Bertz CT molecular complexity index is 1340. The molecule has 3 aromatic rings. The highest BCUT2D eigenvalue weighted by Crippen LogP contribution is 2.25. The van der Waals surface area contributed by atoms with Gasteiger partial charge in [-0.3, -0.25) is 0 Å². The quantitative estimate of drug-likeness (QED) is 0.391. The zero-order valence-electron chi connectivity index (χ0n) is 18.3. The second-order valence-corrected chi connectivity index (χ2v) is 9.19. The second kappa shape index (κ2) is 9.22. The van der Waals surface area contributed by atoms with Crippen LogP contribution in [0.15, 0.2) is 50.5 Å².